The van der Waals surface area contributed by atoms with E-state index in [4.69, 9.17) is 4.42 Å². The van der Waals surface area contributed by atoms with Gasteiger partial charge in [-0.2, -0.15) is 0 Å². The van der Waals surface area contributed by atoms with Crippen molar-refractivity contribution in [3.8, 4) is 56.0 Å². The summed E-state index contributed by atoms with van der Waals surface area (Å²) in [4.78, 5) is 0. The van der Waals surface area contributed by atoms with E-state index in [1.54, 1.807) is 0 Å². The number of fused-ring (bicyclic) bond motifs is 3. The van der Waals surface area contributed by atoms with E-state index in [1.165, 1.54) is 55.6 Å². The third kappa shape index (κ3) is 4.55. The van der Waals surface area contributed by atoms with Crippen LogP contribution >= 0.6 is 0 Å². The molecule has 0 amide bonds. The smallest absolute Gasteiger partial charge is 0.134 e. The minimum atomic E-state index is -0.408. The predicted molar refractivity (Wildman–Crippen MR) is 198 cm³/mol. The van der Waals surface area contributed by atoms with E-state index in [1.807, 2.05) is 6.07 Å². The average Bonchev–Trinajstić information content (AvgIpc) is 3.78. The first-order valence-electron chi connectivity index (χ1n) is 16.5. The molecule has 1 aliphatic rings. The zero-order valence-corrected chi connectivity index (χ0v) is 26.4. The predicted octanol–water partition coefficient (Wildman–Crippen LogP) is 12.3. The summed E-state index contributed by atoms with van der Waals surface area (Å²) in [6.07, 6.45) is 0. The maximum atomic E-state index is 6.37. The van der Waals surface area contributed by atoms with Crippen molar-refractivity contribution >= 4 is 0 Å². The van der Waals surface area contributed by atoms with Crippen LogP contribution in [0.3, 0.4) is 0 Å². The van der Waals surface area contributed by atoms with Crippen molar-refractivity contribution in [3.63, 3.8) is 0 Å². The lowest BCUT2D eigenvalue weighted by molar-refractivity contribution is 0.597. The third-order valence-corrected chi connectivity index (χ3v) is 9.84. The molecule has 0 spiro atoms. The molecule has 9 rings (SSSR count). The molecule has 1 aliphatic carbocycles. The summed E-state index contributed by atoms with van der Waals surface area (Å²) >= 11 is 0. The SMILES string of the molecule is c1ccc(-c2ccc(-c3ccc(-c4ccc(-c5ccc6c(c5)C(c5ccccc5)(c5ccccc5)c5ccccc5-6)cc4)o3)cc2)cc1. The highest BCUT2D eigenvalue weighted by Gasteiger charge is 2.46. The van der Waals surface area contributed by atoms with Crippen LogP contribution in [0.2, 0.25) is 0 Å². The van der Waals surface area contributed by atoms with Crippen molar-refractivity contribution in [1.29, 1.82) is 0 Å². The Bertz CT molecular complexity index is 2310. The van der Waals surface area contributed by atoms with Gasteiger partial charge in [0.15, 0.2) is 0 Å². The molecule has 48 heavy (non-hydrogen) atoms. The standard InChI is InChI=1S/C47H32O/c1-4-12-33(13-5-1)34-20-24-36(25-21-34)45-30-31-46(48-45)37-26-22-35(23-27-37)38-28-29-42-41-18-10-11-19-43(41)47(44(42)32-38,39-14-6-2-7-15-39)40-16-8-3-9-17-40/h1-32H. The van der Waals surface area contributed by atoms with Crippen LogP contribution in [-0.2, 0) is 5.41 Å². The Balaban J connectivity index is 1.07. The molecule has 1 heterocycles. The lowest BCUT2D eigenvalue weighted by atomic mass is 9.67. The minimum absolute atomic E-state index is 0.408. The van der Waals surface area contributed by atoms with Crippen LogP contribution in [0, 0.1) is 0 Å². The molecule has 226 valence electrons. The summed E-state index contributed by atoms with van der Waals surface area (Å²) in [5.74, 6) is 1.73. The highest BCUT2D eigenvalue weighted by molar-refractivity contribution is 5.88. The summed E-state index contributed by atoms with van der Waals surface area (Å²) in [5, 5.41) is 0. The Kier molecular flexibility index (Phi) is 6.76. The first-order valence-corrected chi connectivity index (χ1v) is 16.5. The van der Waals surface area contributed by atoms with E-state index in [0.717, 1.165) is 22.6 Å². The lowest BCUT2D eigenvalue weighted by Gasteiger charge is -2.34. The number of benzene rings is 7. The Morgan fingerprint density at radius 3 is 1.29 bits per heavy atom. The summed E-state index contributed by atoms with van der Waals surface area (Å²) in [6, 6.07) is 69.7. The second-order valence-electron chi connectivity index (χ2n) is 12.5. The minimum Gasteiger partial charge on any atom is -0.456 e. The monoisotopic (exact) mass is 612 g/mol. The Morgan fingerprint density at radius 1 is 0.292 bits per heavy atom. The molecule has 1 heteroatoms. The second-order valence-corrected chi connectivity index (χ2v) is 12.5. The number of hydrogen-bond acceptors (Lipinski definition) is 1. The molecule has 1 aromatic heterocycles. The quantitative estimate of drug-likeness (QED) is 0.182. The molecule has 0 bridgehead atoms. The van der Waals surface area contributed by atoms with E-state index in [-0.39, 0.29) is 0 Å². The lowest BCUT2D eigenvalue weighted by Crippen LogP contribution is -2.28. The van der Waals surface area contributed by atoms with Gasteiger partial charge >= 0.3 is 0 Å². The van der Waals surface area contributed by atoms with E-state index in [0.29, 0.717) is 0 Å². The van der Waals surface area contributed by atoms with Crippen LogP contribution in [0.4, 0.5) is 0 Å². The van der Waals surface area contributed by atoms with Gasteiger partial charge in [0.25, 0.3) is 0 Å². The van der Waals surface area contributed by atoms with Crippen molar-refractivity contribution in [2.24, 2.45) is 0 Å². The third-order valence-electron chi connectivity index (χ3n) is 9.84. The fraction of sp³-hybridized carbons (Fsp3) is 0.0213. The van der Waals surface area contributed by atoms with Crippen molar-refractivity contribution in [1.82, 2.24) is 0 Å². The van der Waals surface area contributed by atoms with Gasteiger partial charge in [0, 0.05) is 11.1 Å². The number of hydrogen-bond donors (Lipinski definition) is 0. The van der Waals surface area contributed by atoms with E-state index < -0.39 is 5.41 Å². The Labute approximate surface area is 281 Å². The van der Waals surface area contributed by atoms with Crippen LogP contribution in [0.25, 0.3) is 56.0 Å². The Hall–Kier alpha value is -6.18. The van der Waals surface area contributed by atoms with Crippen LogP contribution in [0.5, 0.6) is 0 Å². The number of furan rings is 1. The molecule has 0 aliphatic heterocycles. The van der Waals surface area contributed by atoms with Gasteiger partial charge in [-0.25, -0.2) is 0 Å². The normalized spacial score (nSPS) is 12.8. The zero-order valence-electron chi connectivity index (χ0n) is 26.4. The molecular weight excluding hydrogens is 581 g/mol. The first-order chi connectivity index (χ1) is 23.8. The van der Waals surface area contributed by atoms with Gasteiger partial charge in [-0.15, -0.1) is 0 Å². The van der Waals surface area contributed by atoms with Gasteiger partial charge in [0.05, 0.1) is 5.41 Å². The maximum absolute atomic E-state index is 6.37. The molecule has 0 atom stereocenters. The van der Waals surface area contributed by atoms with Crippen LogP contribution < -0.4 is 0 Å². The molecule has 0 fully saturated rings. The molecule has 8 aromatic rings. The molecule has 0 radical (unpaired) electrons. The van der Waals surface area contributed by atoms with E-state index in [9.17, 15) is 0 Å². The summed E-state index contributed by atoms with van der Waals surface area (Å²) < 4.78 is 6.37. The van der Waals surface area contributed by atoms with Crippen molar-refractivity contribution < 1.29 is 4.42 Å². The van der Waals surface area contributed by atoms with Crippen LogP contribution in [0.1, 0.15) is 22.3 Å². The first kappa shape index (κ1) is 28.1. The fourth-order valence-corrected chi connectivity index (χ4v) is 7.56. The molecule has 0 N–H and O–H groups in total. The summed E-state index contributed by atoms with van der Waals surface area (Å²) in [6.45, 7) is 0. The highest BCUT2D eigenvalue weighted by Crippen LogP contribution is 2.56. The van der Waals surface area contributed by atoms with Gasteiger partial charge in [0.2, 0.25) is 0 Å². The molecule has 0 saturated heterocycles. The molecule has 7 aromatic carbocycles. The van der Waals surface area contributed by atoms with Crippen molar-refractivity contribution in [2.75, 3.05) is 0 Å². The fourth-order valence-electron chi connectivity index (χ4n) is 7.56. The van der Waals surface area contributed by atoms with Crippen molar-refractivity contribution in [2.45, 2.75) is 5.41 Å². The Morgan fingerprint density at radius 2 is 0.708 bits per heavy atom. The van der Waals surface area contributed by atoms with Gasteiger partial charge in [-0.3, -0.25) is 0 Å². The van der Waals surface area contributed by atoms with E-state index >= 15 is 0 Å². The highest BCUT2D eigenvalue weighted by atomic mass is 16.3. The largest absolute Gasteiger partial charge is 0.456 e. The number of rotatable bonds is 6. The van der Waals surface area contributed by atoms with Gasteiger partial charge in [-0.1, -0.05) is 176 Å². The van der Waals surface area contributed by atoms with Gasteiger partial charge in [-0.05, 0) is 73.8 Å². The summed E-state index contributed by atoms with van der Waals surface area (Å²) in [5.41, 5.74) is 14.3. The molecule has 1 nitrogen and oxygen atoms in total. The van der Waals surface area contributed by atoms with Crippen molar-refractivity contribution in [3.05, 3.63) is 216 Å². The molecule has 0 unspecified atom stereocenters. The molecular formula is C47H32O. The average molecular weight is 613 g/mol. The zero-order chi connectivity index (χ0) is 31.9. The summed E-state index contributed by atoms with van der Waals surface area (Å²) in [7, 11) is 0. The topological polar surface area (TPSA) is 13.1 Å². The molecule has 0 saturated carbocycles. The second kappa shape index (κ2) is 11.6. The van der Waals surface area contributed by atoms with Gasteiger partial charge < -0.3 is 4.42 Å². The van der Waals surface area contributed by atoms with E-state index in [2.05, 4.69) is 188 Å². The van der Waals surface area contributed by atoms with Gasteiger partial charge in [0.1, 0.15) is 11.5 Å². The van der Waals surface area contributed by atoms with Crippen LogP contribution in [0.15, 0.2) is 199 Å². The van der Waals surface area contributed by atoms with Crippen LogP contribution in [-0.4, -0.2) is 0 Å². The maximum Gasteiger partial charge on any atom is 0.134 e.